The predicted octanol–water partition coefficient (Wildman–Crippen LogP) is -0.0779. The molecule has 0 aromatic heterocycles. The van der Waals surface area contributed by atoms with E-state index in [1.165, 1.54) is 0 Å². The maximum absolute atomic E-state index is 9.67. The van der Waals surface area contributed by atoms with Crippen LogP contribution in [0.25, 0.3) is 0 Å². The molecule has 13 heavy (non-hydrogen) atoms. The quantitative estimate of drug-likeness (QED) is 0.651. The summed E-state index contributed by atoms with van der Waals surface area (Å²) in [5, 5.41) is 19.2. The van der Waals surface area contributed by atoms with E-state index in [2.05, 4.69) is 0 Å². The molecule has 1 aliphatic carbocycles. The van der Waals surface area contributed by atoms with Gasteiger partial charge >= 0.3 is 0 Å². The standard InChI is InChI=1S/C9H18O4/c1-3-12-7-5-6(10)9(8(7)11)13-4-2/h6-11H,3-5H2,1-2H3/t6-,7-,8+,9+/m0/s1. The van der Waals surface area contributed by atoms with E-state index in [0.717, 1.165) is 0 Å². The Kier molecular flexibility index (Phi) is 4.12. The summed E-state index contributed by atoms with van der Waals surface area (Å²) in [6.07, 6.45) is -1.61. The molecule has 4 nitrogen and oxygen atoms in total. The zero-order valence-corrected chi connectivity index (χ0v) is 8.14. The van der Waals surface area contributed by atoms with Crippen molar-refractivity contribution in [3.8, 4) is 0 Å². The Balaban J connectivity index is 2.48. The lowest BCUT2D eigenvalue weighted by Crippen LogP contribution is -2.36. The van der Waals surface area contributed by atoms with Gasteiger partial charge in [0.25, 0.3) is 0 Å². The predicted molar refractivity (Wildman–Crippen MR) is 47.5 cm³/mol. The van der Waals surface area contributed by atoms with Gasteiger partial charge in [0.15, 0.2) is 0 Å². The SMILES string of the molecule is CCO[C@H]1[C@H](O)[C@@H](OCC)C[C@@H]1O. The third-order valence-corrected chi connectivity index (χ3v) is 2.31. The summed E-state index contributed by atoms with van der Waals surface area (Å²) < 4.78 is 10.5. The summed E-state index contributed by atoms with van der Waals surface area (Å²) in [6.45, 7) is 4.76. The molecule has 0 aromatic carbocycles. The number of hydrogen-bond donors (Lipinski definition) is 2. The molecule has 4 heteroatoms. The fraction of sp³-hybridized carbons (Fsp3) is 1.00. The van der Waals surface area contributed by atoms with Gasteiger partial charge in [-0.15, -0.1) is 0 Å². The van der Waals surface area contributed by atoms with E-state index < -0.39 is 18.3 Å². The fourth-order valence-electron chi connectivity index (χ4n) is 1.73. The summed E-state index contributed by atoms with van der Waals surface area (Å²) in [6, 6.07) is 0. The van der Waals surface area contributed by atoms with E-state index in [1.54, 1.807) is 0 Å². The monoisotopic (exact) mass is 190 g/mol. The highest BCUT2D eigenvalue weighted by atomic mass is 16.5. The Morgan fingerprint density at radius 3 is 2.31 bits per heavy atom. The van der Waals surface area contributed by atoms with Crippen molar-refractivity contribution in [2.75, 3.05) is 13.2 Å². The molecule has 0 aromatic rings. The largest absolute Gasteiger partial charge is 0.390 e. The van der Waals surface area contributed by atoms with Gasteiger partial charge in [-0.05, 0) is 13.8 Å². The van der Waals surface area contributed by atoms with Crippen LogP contribution in [-0.4, -0.2) is 47.8 Å². The third-order valence-electron chi connectivity index (χ3n) is 2.31. The van der Waals surface area contributed by atoms with E-state index in [0.29, 0.717) is 19.6 Å². The molecule has 2 N–H and O–H groups in total. The Hall–Kier alpha value is -0.160. The summed E-state index contributed by atoms with van der Waals surface area (Å²) in [5.41, 5.74) is 0. The Morgan fingerprint density at radius 2 is 1.77 bits per heavy atom. The van der Waals surface area contributed by atoms with Gasteiger partial charge in [-0.25, -0.2) is 0 Å². The van der Waals surface area contributed by atoms with Gasteiger partial charge in [-0.2, -0.15) is 0 Å². The molecule has 0 aliphatic heterocycles. The molecule has 0 radical (unpaired) electrons. The second-order valence-corrected chi connectivity index (χ2v) is 3.21. The second kappa shape index (κ2) is 4.91. The first kappa shape index (κ1) is 10.9. The number of rotatable bonds is 4. The molecule has 78 valence electrons. The van der Waals surface area contributed by atoms with Gasteiger partial charge in [-0.3, -0.25) is 0 Å². The van der Waals surface area contributed by atoms with Gasteiger partial charge in [0, 0.05) is 19.6 Å². The first-order chi connectivity index (χ1) is 6.20. The topological polar surface area (TPSA) is 58.9 Å². The number of ether oxygens (including phenoxy) is 2. The highest BCUT2D eigenvalue weighted by Gasteiger charge is 2.42. The van der Waals surface area contributed by atoms with Crippen LogP contribution in [0, 0.1) is 0 Å². The molecule has 1 fully saturated rings. The highest BCUT2D eigenvalue weighted by molar-refractivity contribution is 4.93. The van der Waals surface area contributed by atoms with Crippen LogP contribution in [-0.2, 0) is 9.47 Å². The van der Waals surface area contributed by atoms with E-state index in [1.807, 2.05) is 13.8 Å². The maximum Gasteiger partial charge on any atom is 0.112 e. The summed E-state index contributed by atoms with van der Waals surface area (Å²) in [5.74, 6) is 0. The molecule has 0 heterocycles. The van der Waals surface area contributed by atoms with Crippen molar-refractivity contribution < 1.29 is 19.7 Å². The van der Waals surface area contributed by atoms with Crippen LogP contribution < -0.4 is 0 Å². The van der Waals surface area contributed by atoms with Gasteiger partial charge in [0.05, 0.1) is 12.2 Å². The molecule has 4 atom stereocenters. The molecule has 1 saturated carbocycles. The first-order valence-electron chi connectivity index (χ1n) is 4.80. The lowest BCUT2D eigenvalue weighted by atomic mass is 10.2. The minimum absolute atomic E-state index is 0.281. The molecule has 1 rings (SSSR count). The molecule has 1 aliphatic rings. The van der Waals surface area contributed by atoms with Crippen molar-refractivity contribution in [2.45, 2.75) is 44.7 Å². The third kappa shape index (κ3) is 2.40. The average molecular weight is 190 g/mol. The van der Waals surface area contributed by atoms with Crippen molar-refractivity contribution in [1.29, 1.82) is 0 Å². The molecule has 0 amide bonds. The van der Waals surface area contributed by atoms with Crippen molar-refractivity contribution in [2.24, 2.45) is 0 Å². The summed E-state index contributed by atoms with van der Waals surface area (Å²) in [7, 11) is 0. The molecule has 0 unspecified atom stereocenters. The minimum atomic E-state index is -0.699. The molecular formula is C9H18O4. The summed E-state index contributed by atoms with van der Waals surface area (Å²) >= 11 is 0. The van der Waals surface area contributed by atoms with Crippen molar-refractivity contribution in [3.05, 3.63) is 0 Å². The van der Waals surface area contributed by atoms with Crippen LogP contribution in [0.15, 0.2) is 0 Å². The smallest absolute Gasteiger partial charge is 0.112 e. The van der Waals surface area contributed by atoms with Crippen LogP contribution in [0.2, 0.25) is 0 Å². The number of aliphatic hydroxyl groups is 2. The lowest BCUT2D eigenvalue weighted by Gasteiger charge is -2.19. The second-order valence-electron chi connectivity index (χ2n) is 3.21. The highest BCUT2D eigenvalue weighted by Crippen LogP contribution is 2.25. The van der Waals surface area contributed by atoms with Crippen LogP contribution in [0.4, 0.5) is 0 Å². The Bertz CT molecular complexity index is 151. The maximum atomic E-state index is 9.67. The van der Waals surface area contributed by atoms with Crippen LogP contribution in [0.5, 0.6) is 0 Å². The zero-order valence-electron chi connectivity index (χ0n) is 8.14. The number of aliphatic hydroxyl groups excluding tert-OH is 2. The molecular weight excluding hydrogens is 172 g/mol. The van der Waals surface area contributed by atoms with Crippen LogP contribution in [0.3, 0.4) is 0 Å². The summed E-state index contributed by atoms with van der Waals surface area (Å²) in [4.78, 5) is 0. The normalized spacial score (nSPS) is 39.7. The van der Waals surface area contributed by atoms with E-state index in [9.17, 15) is 10.2 Å². The molecule has 0 bridgehead atoms. The number of hydrogen-bond acceptors (Lipinski definition) is 4. The van der Waals surface area contributed by atoms with Gasteiger partial charge < -0.3 is 19.7 Å². The van der Waals surface area contributed by atoms with Crippen molar-refractivity contribution >= 4 is 0 Å². The fourth-order valence-corrected chi connectivity index (χ4v) is 1.73. The van der Waals surface area contributed by atoms with Crippen molar-refractivity contribution in [3.63, 3.8) is 0 Å². The van der Waals surface area contributed by atoms with Gasteiger partial charge in [-0.1, -0.05) is 0 Å². The van der Waals surface area contributed by atoms with Gasteiger partial charge in [0.2, 0.25) is 0 Å². The van der Waals surface area contributed by atoms with E-state index >= 15 is 0 Å². The average Bonchev–Trinajstić information content (AvgIpc) is 2.34. The lowest BCUT2D eigenvalue weighted by molar-refractivity contribution is -0.0888. The van der Waals surface area contributed by atoms with Gasteiger partial charge in [0.1, 0.15) is 12.2 Å². The van der Waals surface area contributed by atoms with E-state index in [4.69, 9.17) is 9.47 Å². The zero-order chi connectivity index (χ0) is 9.84. The Labute approximate surface area is 78.5 Å². The molecule has 0 saturated heterocycles. The van der Waals surface area contributed by atoms with Crippen molar-refractivity contribution in [1.82, 2.24) is 0 Å². The van der Waals surface area contributed by atoms with Crippen LogP contribution in [0.1, 0.15) is 20.3 Å². The van der Waals surface area contributed by atoms with E-state index in [-0.39, 0.29) is 6.10 Å². The Morgan fingerprint density at radius 1 is 1.15 bits per heavy atom. The molecule has 0 spiro atoms. The van der Waals surface area contributed by atoms with Crippen LogP contribution >= 0.6 is 0 Å². The minimum Gasteiger partial charge on any atom is -0.390 e. The first-order valence-corrected chi connectivity index (χ1v) is 4.80.